The van der Waals surface area contributed by atoms with E-state index in [4.69, 9.17) is 0 Å². The third kappa shape index (κ3) is 1.99. The molecule has 2 aromatic carbocycles. The second-order valence-corrected chi connectivity index (χ2v) is 7.03. The molecule has 0 fully saturated rings. The highest BCUT2D eigenvalue weighted by Crippen LogP contribution is 2.36. The number of aromatic nitrogens is 4. The van der Waals surface area contributed by atoms with E-state index in [1.165, 1.54) is 0 Å². The zero-order valence-corrected chi connectivity index (χ0v) is 15.1. The largest absolute Gasteiger partial charge is 0.332 e. The van der Waals surface area contributed by atoms with Gasteiger partial charge in [-0.1, -0.05) is 48.5 Å². The van der Waals surface area contributed by atoms with E-state index in [0.29, 0.717) is 33.6 Å². The monoisotopic (exact) mass is 394 g/mol. The van der Waals surface area contributed by atoms with Crippen LogP contribution in [-0.4, -0.2) is 43.1 Å². The van der Waals surface area contributed by atoms with Crippen LogP contribution in [0.25, 0.3) is 34.2 Å². The van der Waals surface area contributed by atoms with E-state index in [2.05, 4.69) is 19.9 Å². The summed E-state index contributed by atoms with van der Waals surface area (Å²) < 4.78 is 0. The van der Waals surface area contributed by atoms with Crippen LogP contribution in [0.4, 0.5) is 0 Å². The molecule has 0 aliphatic heterocycles. The molecular formula is C22H10N4O4. The Kier molecular flexibility index (Phi) is 3.05. The highest BCUT2D eigenvalue weighted by molar-refractivity contribution is 6.53. The first kappa shape index (κ1) is 16.5. The number of nitrogens with zero attached hydrogens (tertiary/aromatic N) is 2. The molecule has 0 amide bonds. The molecule has 0 spiro atoms. The van der Waals surface area contributed by atoms with Gasteiger partial charge in [-0.3, -0.25) is 19.2 Å². The zero-order chi connectivity index (χ0) is 20.6. The summed E-state index contributed by atoms with van der Waals surface area (Å²) >= 11 is 0. The topological polar surface area (TPSA) is 126 Å². The van der Waals surface area contributed by atoms with Gasteiger partial charge in [-0.15, -0.1) is 0 Å². The molecule has 8 heteroatoms. The standard InChI is InChI=1S/C22H10N4O4/c27-17-11-7-3-1-5-9(11)13-15(19(17)29)25-21(23-13)22-24-14-10-6-2-4-8-12(10)18(28)20(30)16(14)26-22/h1-8H,(H,23,25)(H,24,26). The van der Waals surface area contributed by atoms with Crippen molar-refractivity contribution in [1.29, 1.82) is 0 Å². The normalized spacial score (nSPS) is 14.3. The fourth-order valence-electron chi connectivity index (χ4n) is 3.94. The van der Waals surface area contributed by atoms with Crippen LogP contribution in [0.2, 0.25) is 0 Å². The van der Waals surface area contributed by atoms with Gasteiger partial charge >= 0.3 is 0 Å². The number of carbonyl (C=O) groups is 4. The second kappa shape index (κ2) is 5.54. The Bertz CT molecular complexity index is 1360. The number of Topliss-reactive ketones (excluding diaryl/α,β-unsaturated/α-hetero) is 4. The minimum atomic E-state index is -0.685. The second-order valence-electron chi connectivity index (χ2n) is 7.03. The molecule has 0 atom stereocenters. The van der Waals surface area contributed by atoms with Crippen LogP contribution in [0.1, 0.15) is 41.7 Å². The van der Waals surface area contributed by atoms with Gasteiger partial charge in [-0.25, -0.2) is 9.97 Å². The smallest absolute Gasteiger partial charge is 0.251 e. The zero-order valence-electron chi connectivity index (χ0n) is 15.1. The Balaban J connectivity index is 1.55. The van der Waals surface area contributed by atoms with E-state index < -0.39 is 23.1 Å². The van der Waals surface area contributed by atoms with Crippen molar-refractivity contribution in [2.45, 2.75) is 0 Å². The van der Waals surface area contributed by atoms with Crippen molar-refractivity contribution < 1.29 is 19.2 Å². The van der Waals surface area contributed by atoms with Gasteiger partial charge in [0.25, 0.3) is 11.6 Å². The number of benzene rings is 2. The summed E-state index contributed by atoms with van der Waals surface area (Å²) in [4.78, 5) is 64.5. The first-order valence-corrected chi connectivity index (χ1v) is 9.12. The lowest BCUT2D eigenvalue weighted by molar-refractivity contribution is 0.0812. The summed E-state index contributed by atoms with van der Waals surface area (Å²) in [6.07, 6.45) is 0. The van der Waals surface area contributed by atoms with Crippen LogP contribution >= 0.6 is 0 Å². The lowest BCUT2D eigenvalue weighted by Gasteiger charge is -2.11. The molecule has 0 radical (unpaired) electrons. The molecule has 8 nitrogen and oxygen atoms in total. The van der Waals surface area contributed by atoms with Crippen molar-refractivity contribution in [2.75, 3.05) is 0 Å². The lowest BCUT2D eigenvalue weighted by atomic mass is 9.90. The number of hydrogen-bond donors (Lipinski definition) is 2. The molecule has 6 rings (SSSR count). The molecule has 2 N–H and O–H groups in total. The highest BCUT2D eigenvalue weighted by Gasteiger charge is 2.36. The lowest BCUT2D eigenvalue weighted by Crippen LogP contribution is -2.21. The number of aromatic amines is 2. The summed E-state index contributed by atoms with van der Waals surface area (Å²) in [6.45, 7) is 0. The summed E-state index contributed by atoms with van der Waals surface area (Å²) in [5, 5.41) is 0. The maximum Gasteiger partial charge on any atom is 0.251 e. The number of imidazole rings is 2. The van der Waals surface area contributed by atoms with E-state index in [-0.39, 0.29) is 23.0 Å². The molecule has 4 aromatic rings. The maximum absolute atomic E-state index is 12.5. The van der Waals surface area contributed by atoms with Crippen LogP contribution in [0.3, 0.4) is 0 Å². The minimum absolute atomic E-state index is 0.0749. The quantitative estimate of drug-likeness (QED) is 0.478. The van der Waals surface area contributed by atoms with Gasteiger partial charge in [-0.05, 0) is 0 Å². The van der Waals surface area contributed by atoms with Gasteiger partial charge in [-0.2, -0.15) is 0 Å². The molecule has 2 aromatic heterocycles. The molecule has 0 unspecified atom stereocenters. The molecule has 2 heterocycles. The van der Waals surface area contributed by atoms with Crippen LogP contribution in [0.5, 0.6) is 0 Å². The van der Waals surface area contributed by atoms with E-state index in [1.807, 2.05) is 0 Å². The fourth-order valence-corrected chi connectivity index (χ4v) is 3.94. The summed E-state index contributed by atoms with van der Waals surface area (Å²) in [5.41, 5.74) is 2.53. The van der Waals surface area contributed by atoms with Crippen molar-refractivity contribution in [3.63, 3.8) is 0 Å². The third-order valence-corrected chi connectivity index (χ3v) is 5.35. The van der Waals surface area contributed by atoms with Crippen LogP contribution in [0, 0.1) is 0 Å². The van der Waals surface area contributed by atoms with Gasteiger partial charge in [0.15, 0.2) is 11.6 Å². The predicted octanol–water partition coefficient (Wildman–Crippen LogP) is 2.89. The van der Waals surface area contributed by atoms with E-state index in [1.54, 1.807) is 48.5 Å². The molecule has 0 bridgehead atoms. The third-order valence-electron chi connectivity index (χ3n) is 5.35. The van der Waals surface area contributed by atoms with Gasteiger partial charge in [0.05, 0.1) is 0 Å². The van der Waals surface area contributed by atoms with Crippen molar-refractivity contribution >= 4 is 23.1 Å². The van der Waals surface area contributed by atoms with Crippen molar-refractivity contribution in [3.05, 3.63) is 71.0 Å². The summed E-state index contributed by atoms with van der Waals surface area (Å²) in [7, 11) is 0. The minimum Gasteiger partial charge on any atom is -0.332 e. The number of ketones is 4. The summed E-state index contributed by atoms with van der Waals surface area (Å²) in [5.74, 6) is -2.19. The molecule has 2 aliphatic rings. The van der Waals surface area contributed by atoms with E-state index in [0.717, 1.165) is 0 Å². The van der Waals surface area contributed by atoms with Gasteiger partial charge in [0.2, 0.25) is 11.6 Å². The SMILES string of the molecule is O=C1C(=O)c2[nH]c(-c3nc4c([nH]3)C(=O)C(=O)c3ccccc3-4)nc2-c2ccccc21. The molecule has 0 saturated heterocycles. The predicted molar refractivity (Wildman–Crippen MR) is 104 cm³/mol. The first-order valence-electron chi connectivity index (χ1n) is 9.12. The Hall–Kier alpha value is -4.46. The van der Waals surface area contributed by atoms with Crippen LogP contribution in [0.15, 0.2) is 48.5 Å². The number of nitrogens with one attached hydrogen (secondary N) is 2. The molecular weight excluding hydrogens is 384 g/mol. The average molecular weight is 394 g/mol. The molecule has 142 valence electrons. The maximum atomic E-state index is 12.5. The van der Waals surface area contributed by atoms with E-state index >= 15 is 0 Å². The number of carbonyl (C=O) groups excluding carboxylic acids is 4. The molecule has 30 heavy (non-hydrogen) atoms. The first-order chi connectivity index (χ1) is 14.5. The Labute approximate surface area is 168 Å². The fraction of sp³-hybridized carbons (Fsp3) is 0. The van der Waals surface area contributed by atoms with Gasteiger partial charge < -0.3 is 9.97 Å². The number of fused-ring (bicyclic) bond motifs is 6. The molecule has 2 aliphatic carbocycles. The Morgan fingerprint density at radius 2 is 0.867 bits per heavy atom. The average Bonchev–Trinajstić information content (AvgIpc) is 3.41. The number of hydrogen-bond acceptors (Lipinski definition) is 6. The number of H-pyrrole nitrogens is 2. The van der Waals surface area contributed by atoms with Crippen molar-refractivity contribution in [3.8, 4) is 34.2 Å². The van der Waals surface area contributed by atoms with Crippen molar-refractivity contribution in [2.24, 2.45) is 0 Å². The molecule has 0 saturated carbocycles. The summed E-state index contributed by atoms with van der Waals surface area (Å²) in [6, 6.07) is 13.5. The Morgan fingerprint density at radius 3 is 1.27 bits per heavy atom. The van der Waals surface area contributed by atoms with Crippen LogP contribution in [-0.2, 0) is 0 Å². The van der Waals surface area contributed by atoms with Gasteiger partial charge in [0.1, 0.15) is 22.8 Å². The van der Waals surface area contributed by atoms with E-state index in [9.17, 15) is 19.2 Å². The van der Waals surface area contributed by atoms with Crippen LogP contribution < -0.4 is 0 Å². The number of rotatable bonds is 1. The van der Waals surface area contributed by atoms with Gasteiger partial charge in [0, 0.05) is 22.3 Å². The highest BCUT2D eigenvalue weighted by atomic mass is 16.2. The Morgan fingerprint density at radius 1 is 0.500 bits per heavy atom. The van der Waals surface area contributed by atoms with Crippen molar-refractivity contribution in [1.82, 2.24) is 19.9 Å².